The van der Waals surface area contributed by atoms with Crippen LogP contribution in [0.5, 0.6) is 5.75 Å². The molecule has 29 heavy (non-hydrogen) atoms. The Kier molecular flexibility index (Phi) is 8.72. The van der Waals surface area contributed by atoms with Gasteiger partial charge >= 0.3 is 5.97 Å². The third kappa shape index (κ3) is 6.90. The molecular weight excluding hydrogens is 398 g/mol. The second-order valence-corrected chi connectivity index (χ2v) is 7.53. The molecule has 1 heterocycles. The molecule has 0 atom stereocenters. The molecule has 1 aromatic rings. The number of nitrogens with one attached hydrogen (secondary N) is 2. The predicted molar refractivity (Wildman–Crippen MR) is 109 cm³/mol. The van der Waals surface area contributed by atoms with Crippen molar-refractivity contribution in [3.8, 4) is 5.75 Å². The Bertz CT molecular complexity index is 735. The van der Waals surface area contributed by atoms with Gasteiger partial charge < -0.3 is 24.6 Å². The molecule has 1 aromatic carbocycles. The molecule has 1 aliphatic heterocycles. The summed E-state index contributed by atoms with van der Waals surface area (Å²) in [6.45, 7) is 3.86. The average molecular weight is 427 g/mol. The summed E-state index contributed by atoms with van der Waals surface area (Å²) in [6, 6.07) is 4.92. The molecule has 1 aliphatic rings. The van der Waals surface area contributed by atoms with Crippen LogP contribution in [0.15, 0.2) is 18.2 Å². The smallest absolute Gasteiger partial charge is 0.309 e. The summed E-state index contributed by atoms with van der Waals surface area (Å²) in [5.74, 6) is -0.195. The predicted octanol–water partition coefficient (Wildman–Crippen LogP) is 0.604. The van der Waals surface area contributed by atoms with Gasteiger partial charge in [-0.3, -0.25) is 14.4 Å². The van der Waals surface area contributed by atoms with Crippen LogP contribution in [0.25, 0.3) is 0 Å². The van der Waals surface area contributed by atoms with Crippen LogP contribution in [-0.2, 0) is 19.1 Å². The summed E-state index contributed by atoms with van der Waals surface area (Å²) >= 11 is 5.97. The van der Waals surface area contributed by atoms with Crippen molar-refractivity contribution in [3.63, 3.8) is 0 Å². The molecule has 0 aliphatic carbocycles. The lowest BCUT2D eigenvalue weighted by molar-refractivity contribution is -0.898. The number of methoxy groups -OCH3 is 1. The zero-order valence-electron chi connectivity index (χ0n) is 17.1. The normalized spacial score (nSPS) is 18.6. The summed E-state index contributed by atoms with van der Waals surface area (Å²) in [5.41, 5.74) is 0.456. The molecule has 1 fully saturated rings. The number of esters is 1. The number of rotatable bonds is 8. The van der Waals surface area contributed by atoms with Gasteiger partial charge in [0.2, 0.25) is 5.91 Å². The Labute approximate surface area is 176 Å². The van der Waals surface area contributed by atoms with Crippen molar-refractivity contribution in [2.75, 3.05) is 52.3 Å². The Morgan fingerprint density at radius 1 is 1.28 bits per heavy atom. The van der Waals surface area contributed by atoms with Crippen molar-refractivity contribution in [2.24, 2.45) is 5.92 Å². The van der Waals surface area contributed by atoms with Gasteiger partial charge in [-0.05, 0) is 25.1 Å². The van der Waals surface area contributed by atoms with Gasteiger partial charge in [0.05, 0.1) is 45.0 Å². The number of ether oxygens (including phenoxy) is 2. The molecule has 2 N–H and O–H groups in total. The lowest BCUT2D eigenvalue weighted by atomic mass is 9.97. The summed E-state index contributed by atoms with van der Waals surface area (Å²) in [5, 5.41) is 3.19. The summed E-state index contributed by atoms with van der Waals surface area (Å²) in [7, 11) is 3.10. The van der Waals surface area contributed by atoms with E-state index in [4.69, 9.17) is 21.1 Å². The topological polar surface area (TPSA) is 89.4 Å². The van der Waals surface area contributed by atoms with Crippen LogP contribution in [0.1, 0.15) is 19.8 Å². The van der Waals surface area contributed by atoms with Crippen molar-refractivity contribution in [2.45, 2.75) is 19.8 Å². The molecule has 0 aromatic heterocycles. The molecule has 2 rings (SSSR count). The van der Waals surface area contributed by atoms with E-state index < -0.39 is 0 Å². The Hall–Kier alpha value is -2.32. The lowest BCUT2D eigenvalue weighted by Gasteiger charge is -2.28. The molecule has 1 saturated heterocycles. The molecule has 2 amide bonds. The highest BCUT2D eigenvalue weighted by atomic mass is 35.5. The maximum Gasteiger partial charge on any atom is 0.309 e. The number of amides is 2. The van der Waals surface area contributed by atoms with E-state index in [-0.39, 0.29) is 30.2 Å². The van der Waals surface area contributed by atoms with E-state index in [1.54, 1.807) is 32.2 Å². The van der Waals surface area contributed by atoms with E-state index in [2.05, 4.69) is 5.32 Å². The first-order valence-corrected chi connectivity index (χ1v) is 10.1. The van der Waals surface area contributed by atoms with Crippen molar-refractivity contribution in [3.05, 3.63) is 23.2 Å². The number of benzene rings is 1. The standard InChI is InChI=1S/C20H28ClN3O5/c1-4-29-20(27)14-7-9-24(10-8-14)13-19(26)23(2)12-18(25)22-16-11-15(21)5-6-17(16)28-3/h5-6,11,14H,4,7-10,12-13H2,1-3H3,(H,22,25)/p+1. The largest absolute Gasteiger partial charge is 0.495 e. The number of hydrogen-bond donors (Lipinski definition) is 2. The summed E-state index contributed by atoms with van der Waals surface area (Å²) in [4.78, 5) is 39.1. The summed E-state index contributed by atoms with van der Waals surface area (Å²) < 4.78 is 10.3. The molecule has 0 unspecified atom stereocenters. The van der Waals surface area contributed by atoms with Crippen LogP contribution in [0.4, 0.5) is 5.69 Å². The Balaban J connectivity index is 1.80. The van der Waals surface area contributed by atoms with E-state index in [1.165, 1.54) is 12.0 Å². The lowest BCUT2D eigenvalue weighted by Crippen LogP contribution is -3.14. The van der Waals surface area contributed by atoms with Gasteiger partial charge in [-0.2, -0.15) is 0 Å². The fourth-order valence-electron chi connectivity index (χ4n) is 3.32. The minimum Gasteiger partial charge on any atom is -0.495 e. The van der Waals surface area contributed by atoms with Crippen LogP contribution in [0, 0.1) is 5.92 Å². The van der Waals surface area contributed by atoms with E-state index >= 15 is 0 Å². The first-order chi connectivity index (χ1) is 13.8. The van der Waals surface area contributed by atoms with Crippen molar-refractivity contribution in [1.29, 1.82) is 0 Å². The van der Waals surface area contributed by atoms with Gasteiger partial charge in [-0.25, -0.2) is 0 Å². The number of carbonyl (C=O) groups is 3. The number of likely N-dealkylation sites (tertiary alicyclic amines) is 1. The molecule has 0 spiro atoms. The van der Waals surface area contributed by atoms with Gasteiger partial charge in [0.25, 0.3) is 5.91 Å². The number of quaternary nitrogens is 1. The number of piperidine rings is 1. The molecule has 9 heteroatoms. The Morgan fingerprint density at radius 2 is 1.97 bits per heavy atom. The zero-order valence-corrected chi connectivity index (χ0v) is 17.9. The third-order valence-electron chi connectivity index (χ3n) is 4.96. The Morgan fingerprint density at radius 3 is 2.59 bits per heavy atom. The SMILES string of the molecule is CCOC(=O)C1CC[NH+](CC(=O)N(C)CC(=O)Nc2cc(Cl)ccc2OC)CC1. The van der Waals surface area contributed by atoms with Gasteiger partial charge in [-0.1, -0.05) is 11.6 Å². The van der Waals surface area contributed by atoms with Crippen molar-refractivity contribution < 1.29 is 28.8 Å². The van der Waals surface area contributed by atoms with Crippen LogP contribution < -0.4 is 15.0 Å². The molecular formula is C20H29ClN3O5+. The quantitative estimate of drug-likeness (QED) is 0.594. The highest BCUT2D eigenvalue weighted by molar-refractivity contribution is 6.31. The molecule has 160 valence electrons. The van der Waals surface area contributed by atoms with Crippen molar-refractivity contribution in [1.82, 2.24) is 4.90 Å². The average Bonchev–Trinajstić information content (AvgIpc) is 2.68. The number of anilines is 1. The highest BCUT2D eigenvalue weighted by Crippen LogP contribution is 2.27. The number of halogens is 1. The van der Waals surface area contributed by atoms with Gasteiger partial charge in [0.1, 0.15) is 5.75 Å². The molecule has 0 bridgehead atoms. The van der Waals surface area contributed by atoms with Gasteiger partial charge in [-0.15, -0.1) is 0 Å². The van der Waals surface area contributed by atoms with Crippen molar-refractivity contribution >= 4 is 35.1 Å². The van der Waals surface area contributed by atoms with Crippen LogP contribution in [0.3, 0.4) is 0 Å². The van der Waals surface area contributed by atoms with E-state index in [1.807, 2.05) is 0 Å². The summed E-state index contributed by atoms with van der Waals surface area (Å²) in [6.07, 6.45) is 1.42. The maximum absolute atomic E-state index is 12.5. The minimum absolute atomic E-state index is 0.0762. The number of hydrogen-bond acceptors (Lipinski definition) is 5. The maximum atomic E-state index is 12.5. The highest BCUT2D eigenvalue weighted by Gasteiger charge is 2.30. The van der Waals surface area contributed by atoms with Crippen LogP contribution in [-0.4, -0.2) is 69.6 Å². The number of nitrogens with zero attached hydrogens (tertiary/aromatic N) is 1. The molecule has 0 radical (unpaired) electrons. The fourth-order valence-corrected chi connectivity index (χ4v) is 3.49. The van der Waals surface area contributed by atoms with E-state index in [0.717, 1.165) is 18.0 Å². The first kappa shape index (κ1) is 23.0. The second-order valence-electron chi connectivity index (χ2n) is 7.10. The van der Waals surface area contributed by atoms with E-state index in [0.29, 0.717) is 42.5 Å². The molecule has 0 saturated carbocycles. The second kappa shape index (κ2) is 11.0. The zero-order chi connectivity index (χ0) is 21.4. The fraction of sp³-hybridized carbons (Fsp3) is 0.550. The third-order valence-corrected chi connectivity index (χ3v) is 5.19. The van der Waals surface area contributed by atoms with Crippen LogP contribution >= 0.6 is 11.6 Å². The first-order valence-electron chi connectivity index (χ1n) is 9.71. The van der Waals surface area contributed by atoms with Crippen LogP contribution in [0.2, 0.25) is 5.02 Å². The number of carbonyl (C=O) groups excluding carboxylic acids is 3. The molecule has 8 nitrogen and oxygen atoms in total. The van der Waals surface area contributed by atoms with Gasteiger partial charge in [0, 0.05) is 24.9 Å². The van der Waals surface area contributed by atoms with E-state index in [9.17, 15) is 14.4 Å². The minimum atomic E-state index is -0.336. The monoisotopic (exact) mass is 426 g/mol. The number of likely N-dealkylation sites (N-methyl/N-ethyl adjacent to an activating group) is 1. The van der Waals surface area contributed by atoms with Gasteiger partial charge in [0.15, 0.2) is 6.54 Å².